The van der Waals surface area contributed by atoms with E-state index in [2.05, 4.69) is 15.3 Å². The molecule has 0 spiro atoms. The number of nitrogens with zero attached hydrogens (tertiary/aromatic N) is 3. The first-order valence-electron chi connectivity index (χ1n) is 5.53. The van der Waals surface area contributed by atoms with Crippen LogP contribution in [0.2, 0.25) is 0 Å². The van der Waals surface area contributed by atoms with Crippen LogP contribution in [0, 0.1) is 17.0 Å². The van der Waals surface area contributed by atoms with Gasteiger partial charge in [0.2, 0.25) is 5.88 Å². The van der Waals surface area contributed by atoms with Gasteiger partial charge in [0, 0.05) is 18.7 Å². The van der Waals surface area contributed by atoms with Crippen LogP contribution in [0.1, 0.15) is 5.56 Å². The van der Waals surface area contributed by atoms with Gasteiger partial charge in [-0.15, -0.1) is 0 Å². The second kappa shape index (κ2) is 5.30. The maximum atomic E-state index is 10.7. The van der Waals surface area contributed by atoms with Gasteiger partial charge in [0.1, 0.15) is 11.6 Å². The largest absolute Gasteiger partial charge is 0.437 e. The van der Waals surface area contributed by atoms with E-state index in [1.54, 1.807) is 26.2 Å². The molecule has 0 atom stereocenters. The van der Waals surface area contributed by atoms with Crippen molar-refractivity contribution in [2.24, 2.45) is 0 Å². The second-order valence-corrected chi connectivity index (χ2v) is 3.80. The van der Waals surface area contributed by atoms with E-state index in [1.165, 1.54) is 18.3 Å². The normalized spacial score (nSPS) is 10.0. The smallest absolute Gasteiger partial charge is 0.272 e. The van der Waals surface area contributed by atoms with E-state index in [1.807, 2.05) is 0 Å². The summed E-state index contributed by atoms with van der Waals surface area (Å²) in [4.78, 5) is 18.4. The number of aromatic nitrogens is 2. The van der Waals surface area contributed by atoms with Gasteiger partial charge in [-0.3, -0.25) is 15.1 Å². The number of anilines is 1. The zero-order valence-corrected chi connectivity index (χ0v) is 10.5. The zero-order valence-electron chi connectivity index (χ0n) is 10.5. The Kier molecular flexibility index (Phi) is 3.56. The van der Waals surface area contributed by atoms with Gasteiger partial charge in [-0.05, 0) is 19.1 Å². The van der Waals surface area contributed by atoms with E-state index in [-0.39, 0.29) is 5.69 Å². The minimum atomic E-state index is -0.430. The summed E-state index contributed by atoms with van der Waals surface area (Å²) in [5.41, 5.74) is 0.586. The minimum absolute atomic E-state index is 0.0578. The lowest BCUT2D eigenvalue weighted by Gasteiger charge is -2.06. The van der Waals surface area contributed by atoms with E-state index >= 15 is 0 Å². The molecule has 0 aliphatic heterocycles. The molecule has 0 unspecified atom stereocenters. The molecule has 0 bridgehead atoms. The number of nitro benzene ring substituents is 1. The zero-order chi connectivity index (χ0) is 13.8. The first kappa shape index (κ1) is 12.7. The molecule has 7 heteroatoms. The molecule has 98 valence electrons. The van der Waals surface area contributed by atoms with Crippen molar-refractivity contribution in [2.45, 2.75) is 6.92 Å². The Bertz CT molecular complexity index is 616. The molecule has 0 amide bonds. The van der Waals surface area contributed by atoms with Crippen LogP contribution >= 0.6 is 0 Å². The van der Waals surface area contributed by atoms with Crippen LogP contribution in [-0.4, -0.2) is 21.9 Å². The highest BCUT2D eigenvalue weighted by atomic mass is 16.6. The number of ether oxygens (including phenoxy) is 1. The Hall–Kier alpha value is -2.70. The standard InChI is InChI=1S/C12H12N4O3/c1-8-5-9(3-4-10(8)16(17)18)19-12-7-14-6-11(13-2)15-12/h3-7H,1-2H3,(H,13,15). The maximum Gasteiger partial charge on any atom is 0.272 e. The van der Waals surface area contributed by atoms with Crippen molar-refractivity contribution in [1.82, 2.24) is 9.97 Å². The minimum Gasteiger partial charge on any atom is -0.437 e. The summed E-state index contributed by atoms with van der Waals surface area (Å²) in [6.45, 7) is 1.65. The molecule has 1 aromatic heterocycles. The summed E-state index contributed by atoms with van der Waals surface area (Å²) in [5, 5.41) is 13.6. The van der Waals surface area contributed by atoms with Crippen molar-refractivity contribution in [3.05, 3.63) is 46.3 Å². The number of rotatable bonds is 4. The van der Waals surface area contributed by atoms with Crippen LogP contribution in [0.4, 0.5) is 11.5 Å². The number of hydrogen-bond acceptors (Lipinski definition) is 6. The van der Waals surface area contributed by atoms with Gasteiger partial charge in [-0.25, -0.2) is 0 Å². The van der Waals surface area contributed by atoms with Crippen LogP contribution < -0.4 is 10.1 Å². The molecule has 0 saturated carbocycles. The molecular weight excluding hydrogens is 248 g/mol. The molecule has 0 aliphatic carbocycles. The van der Waals surface area contributed by atoms with E-state index in [0.29, 0.717) is 23.0 Å². The molecule has 2 rings (SSSR count). The van der Waals surface area contributed by atoms with Crippen molar-refractivity contribution in [3.8, 4) is 11.6 Å². The summed E-state index contributed by atoms with van der Waals surface area (Å²) in [6.07, 6.45) is 3.03. The SMILES string of the molecule is CNc1cncc(Oc2ccc([N+](=O)[O-])c(C)c2)n1. The van der Waals surface area contributed by atoms with E-state index in [9.17, 15) is 10.1 Å². The van der Waals surface area contributed by atoms with Crippen molar-refractivity contribution < 1.29 is 9.66 Å². The number of nitrogens with one attached hydrogen (secondary N) is 1. The highest BCUT2D eigenvalue weighted by Crippen LogP contribution is 2.26. The summed E-state index contributed by atoms with van der Waals surface area (Å²) in [5.74, 6) is 1.38. The third-order valence-corrected chi connectivity index (χ3v) is 2.46. The van der Waals surface area contributed by atoms with Gasteiger partial charge in [-0.2, -0.15) is 4.98 Å². The van der Waals surface area contributed by atoms with Crippen LogP contribution in [0.5, 0.6) is 11.6 Å². The Morgan fingerprint density at radius 3 is 2.79 bits per heavy atom. The molecule has 1 heterocycles. The second-order valence-electron chi connectivity index (χ2n) is 3.80. The Balaban J connectivity index is 2.23. The summed E-state index contributed by atoms with van der Waals surface area (Å²) < 4.78 is 5.50. The molecule has 19 heavy (non-hydrogen) atoms. The fraction of sp³-hybridized carbons (Fsp3) is 0.167. The van der Waals surface area contributed by atoms with Crippen LogP contribution in [0.3, 0.4) is 0 Å². The van der Waals surface area contributed by atoms with Gasteiger partial charge in [0.05, 0.1) is 17.3 Å². The average Bonchev–Trinajstić information content (AvgIpc) is 2.38. The summed E-state index contributed by atoms with van der Waals surface area (Å²) in [7, 11) is 1.73. The van der Waals surface area contributed by atoms with Gasteiger partial charge >= 0.3 is 0 Å². The average molecular weight is 260 g/mol. The molecule has 0 aliphatic rings. The Morgan fingerprint density at radius 1 is 1.37 bits per heavy atom. The number of aryl methyl sites for hydroxylation is 1. The maximum absolute atomic E-state index is 10.7. The van der Waals surface area contributed by atoms with Crippen LogP contribution in [0.15, 0.2) is 30.6 Å². The number of nitro groups is 1. The molecule has 1 aromatic carbocycles. The van der Waals surface area contributed by atoms with Crippen molar-refractivity contribution in [1.29, 1.82) is 0 Å². The third kappa shape index (κ3) is 2.95. The van der Waals surface area contributed by atoms with Crippen molar-refractivity contribution in [2.75, 3.05) is 12.4 Å². The summed E-state index contributed by atoms with van der Waals surface area (Å²) >= 11 is 0. The third-order valence-electron chi connectivity index (χ3n) is 2.46. The van der Waals surface area contributed by atoms with Gasteiger partial charge < -0.3 is 10.1 Å². The quantitative estimate of drug-likeness (QED) is 0.671. The van der Waals surface area contributed by atoms with Crippen LogP contribution in [0.25, 0.3) is 0 Å². The molecule has 0 fully saturated rings. The predicted octanol–water partition coefficient (Wildman–Crippen LogP) is 2.53. The first-order valence-corrected chi connectivity index (χ1v) is 5.53. The Morgan fingerprint density at radius 2 is 2.16 bits per heavy atom. The van der Waals surface area contributed by atoms with E-state index < -0.39 is 4.92 Å². The fourth-order valence-electron chi connectivity index (χ4n) is 1.53. The van der Waals surface area contributed by atoms with Gasteiger partial charge in [-0.1, -0.05) is 0 Å². The lowest BCUT2D eigenvalue weighted by molar-refractivity contribution is -0.385. The van der Waals surface area contributed by atoms with Gasteiger partial charge in [0.25, 0.3) is 5.69 Å². The lowest BCUT2D eigenvalue weighted by Crippen LogP contribution is -1.96. The first-order chi connectivity index (χ1) is 9.10. The Labute approximate surface area is 109 Å². The molecule has 2 aromatic rings. The van der Waals surface area contributed by atoms with Crippen molar-refractivity contribution >= 4 is 11.5 Å². The molecule has 0 saturated heterocycles. The molecule has 7 nitrogen and oxygen atoms in total. The highest BCUT2D eigenvalue weighted by molar-refractivity contribution is 5.45. The predicted molar refractivity (Wildman–Crippen MR) is 69.5 cm³/mol. The lowest BCUT2D eigenvalue weighted by atomic mass is 10.2. The topological polar surface area (TPSA) is 90.2 Å². The highest BCUT2D eigenvalue weighted by Gasteiger charge is 2.11. The molecule has 1 N–H and O–H groups in total. The number of benzene rings is 1. The molecular formula is C12H12N4O3. The van der Waals surface area contributed by atoms with Crippen LogP contribution in [-0.2, 0) is 0 Å². The fourth-order valence-corrected chi connectivity index (χ4v) is 1.53. The number of hydrogen-bond donors (Lipinski definition) is 1. The summed E-state index contributed by atoms with van der Waals surface area (Å²) in [6, 6.07) is 4.52. The van der Waals surface area contributed by atoms with E-state index in [0.717, 1.165) is 0 Å². The van der Waals surface area contributed by atoms with Crippen molar-refractivity contribution in [3.63, 3.8) is 0 Å². The van der Waals surface area contributed by atoms with E-state index in [4.69, 9.17) is 4.74 Å². The molecule has 0 radical (unpaired) electrons. The monoisotopic (exact) mass is 260 g/mol. The van der Waals surface area contributed by atoms with Gasteiger partial charge in [0.15, 0.2) is 0 Å².